The number of methoxy groups -OCH3 is 2. The number of aromatic nitrogens is 6. The molecular weight excluding hydrogens is 1040 g/mol. The highest BCUT2D eigenvalue weighted by atomic mass is 35.5. The van der Waals surface area contributed by atoms with E-state index in [1.165, 1.54) is 49.1 Å². The highest BCUT2D eigenvalue weighted by molar-refractivity contribution is 6.33. The summed E-state index contributed by atoms with van der Waals surface area (Å²) in [5.41, 5.74) is 4.98. The predicted octanol–water partition coefficient (Wildman–Crippen LogP) is 10.2. The smallest absolute Gasteiger partial charge is 0.249 e. The Morgan fingerprint density at radius 2 is 0.911 bits per heavy atom. The fraction of sp³-hybridized carbons (Fsp3) is 0.300. The zero-order valence-corrected chi connectivity index (χ0v) is 44.7. The number of phenols is 1. The Morgan fingerprint density at radius 3 is 1.33 bits per heavy atom. The van der Waals surface area contributed by atoms with Gasteiger partial charge in [-0.1, -0.05) is 60.1 Å². The van der Waals surface area contributed by atoms with E-state index in [9.17, 15) is 33.1 Å². The molecule has 2 aliphatic rings. The lowest BCUT2D eigenvalue weighted by Crippen LogP contribution is -2.28. The van der Waals surface area contributed by atoms with Crippen molar-refractivity contribution < 1.29 is 56.7 Å². The molecule has 4 heterocycles. The number of phenolic OH excluding ortho intramolecular Hbond substituents is 1. The van der Waals surface area contributed by atoms with Crippen LogP contribution in [0.15, 0.2) is 122 Å². The number of nitrogens with zero attached hydrogens (tertiary/aromatic N) is 6. The summed E-state index contributed by atoms with van der Waals surface area (Å²) < 4.78 is 53.3. The van der Waals surface area contributed by atoms with E-state index in [1.807, 2.05) is 13.8 Å². The lowest BCUT2D eigenvalue weighted by atomic mass is 9.88. The van der Waals surface area contributed by atoms with E-state index < -0.39 is 10.8 Å². The summed E-state index contributed by atoms with van der Waals surface area (Å²) in [6.07, 6.45) is 5.71. The second kappa shape index (κ2) is 26.0. The van der Waals surface area contributed by atoms with E-state index in [-0.39, 0.29) is 66.2 Å². The van der Waals surface area contributed by atoms with Crippen LogP contribution in [0.3, 0.4) is 0 Å². The van der Waals surface area contributed by atoms with E-state index >= 15 is 0 Å². The zero-order chi connectivity index (χ0) is 56.1. The van der Waals surface area contributed by atoms with Gasteiger partial charge in [-0.3, -0.25) is 19.2 Å². The normalized spacial score (nSPS) is 13.5. The number of ether oxygens (including phenoxy) is 5. The highest BCUT2D eigenvalue weighted by Gasteiger charge is 2.55. The minimum absolute atomic E-state index is 0.0738. The van der Waals surface area contributed by atoms with Gasteiger partial charge in [0.15, 0.2) is 33.8 Å². The first-order valence-corrected chi connectivity index (χ1v) is 25.8. The number of hydrogen-bond donors (Lipinski definition) is 1. The summed E-state index contributed by atoms with van der Waals surface area (Å²) in [7, 11) is 3.24. The van der Waals surface area contributed by atoms with Crippen LogP contribution in [0.25, 0.3) is 22.1 Å². The van der Waals surface area contributed by atoms with E-state index in [4.69, 9.17) is 35.3 Å². The van der Waals surface area contributed by atoms with Gasteiger partial charge in [0.05, 0.1) is 46.5 Å². The van der Waals surface area contributed by atoms with Crippen LogP contribution in [0.1, 0.15) is 59.3 Å². The molecule has 0 saturated heterocycles. The maximum atomic E-state index is 13.2. The number of rotatable bonds is 22. The molecule has 0 atom stereocenters. The van der Waals surface area contributed by atoms with Crippen molar-refractivity contribution >= 4 is 56.8 Å². The minimum Gasteiger partial charge on any atom is -0.508 e. The highest BCUT2D eigenvalue weighted by Crippen LogP contribution is 2.50. The second-order valence-corrected chi connectivity index (χ2v) is 19.5. The molecule has 2 fully saturated rings. The summed E-state index contributed by atoms with van der Waals surface area (Å²) in [4.78, 5) is 76.5. The van der Waals surface area contributed by atoms with Gasteiger partial charge in [0.1, 0.15) is 66.0 Å². The van der Waals surface area contributed by atoms with Crippen LogP contribution >= 0.6 is 11.6 Å². The summed E-state index contributed by atoms with van der Waals surface area (Å²) >= 11 is 5.93. The Bertz CT molecular complexity index is 3390. The van der Waals surface area contributed by atoms with Gasteiger partial charge in [-0.15, -0.1) is 0 Å². The van der Waals surface area contributed by atoms with Crippen LogP contribution in [0.5, 0.6) is 28.9 Å². The van der Waals surface area contributed by atoms with E-state index in [2.05, 4.69) is 29.9 Å². The Balaban J connectivity index is 0.000000173. The van der Waals surface area contributed by atoms with Crippen LogP contribution in [0, 0.1) is 36.3 Å². The maximum Gasteiger partial charge on any atom is 0.249 e. The Morgan fingerprint density at radius 1 is 0.532 bits per heavy atom. The number of hydrogen-bond acceptors (Lipinski definition) is 16. The second-order valence-electron chi connectivity index (χ2n) is 19.1. The van der Waals surface area contributed by atoms with Crippen molar-refractivity contribution in [2.45, 2.75) is 65.2 Å². The van der Waals surface area contributed by atoms with Gasteiger partial charge < -0.3 is 28.8 Å². The van der Waals surface area contributed by atoms with Gasteiger partial charge in [-0.25, -0.2) is 33.7 Å². The van der Waals surface area contributed by atoms with Gasteiger partial charge in [-0.05, 0) is 110 Å². The standard InChI is InChI=1S/C30H28FN3O5.C19H17FO3.C11H12ClN3O2/c1-19-25(38-14-13-37-2)17-24-28(34-19)29(33-18-32-24)39-23-9-5-21(6-10-23)16-27(36)30(11-12-30)26(35)15-20-3-7-22(31)8-4-20;20-15-5-1-13(2-6-15)11-17(22)19(9-10-19)18(23)12-14-3-7-16(21)8-4-14;1-7-9(17-4-3-16-2)5-8-10(15-7)11(12)14-6-13-8/h3-10,17-18H,11-16H2,1-2H3;1-8,21H,9-12H2;5-6H,3-4H2,1-2H3. The number of aryl methyl sites for hydroxylation is 2. The number of aromatic hydroxyl groups is 1. The number of ketones is 4. The largest absolute Gasteiger partial charge is 0.508 e. The molecular formula is C60H57ClF2N6O10. The van der Waals surface area contributed by atoms with Crippen molar-refractivity contribution in [2.75, 3.05) is 40.6 Å². The summed E-state index contributed by atoms with van der Waals surface area (Å²) in [5, 5.41) is 9.62. The number of carbonyl (C=O) groups is 4. The number of fused-ring (bicyclic) bond motifs is 2. The minimum atomic E-state index is -0.931. The van der Waals surface area contributed by atoms with Crippen molar-refractivity contribution in [1.82, 2.24) is 29.9 Å². The molecule has 79 heavy (non-hydrogen) atoms. The third kappa shape index (κ3) is 14.7. The molecule has 10 rings (SSSR count). The third-order valence-electron chi connectivity index (χ3n) is 13.5. The average molecular weight is 1100 g/mol. The van der Waals surface area contributed by atoms with Gasteiger partial charge in [0.25, 0.3) is 0 Å². The van der Waals surface area contributed by atoms with Crippen LogP contribution in [-0.2, 0) is 54.3 Å². The van der Waals surface area contributed by atoms with Gasteiger partial charge >= 0.3 is 0 Å². The number of Topliss-reactive ketones (excluding diaryl/α,β-unsaturated/α-hetero) is 4. The van der Waals surface area contributed by atoms with E-state index in [1.54, 1.807) is 87.0 Å². The van der Waals surface area contributed by atoms with Gasteiger partial charge in [-0.2, -0.15) is 4.98 Å². The van der Waals surface area contributed by atoms with Crippen LogP contribution in [-0.4, -0.2) is 98.8 Å². The lowest BCUT2D eigenvalue weighted by Gasteiger charge is -2.14. The Hall–Kier alpha value is -8.19. The average Bonchev–Trinajstić information content (AvgIpc) is 4.52. The predicted molar refractivity (Wildman–Crippen MR) is 289 cm³/mol. The molecule has 16 nitrogen and oxygen atoms in total. The number of carbonyl (C=O) groups excluding carboxylic acids is 4. The molecule has 0 radical (unpaired) electrons. The summed E-state index contributed by atoms with van der Waals surface area (Å²) in [6, 6.07) is 28.8. The molecule has 408 valence electrons. The van der Waals surface area contributed by atoms with Crippen molar-refractivity contribution in [1.29, 1.82) is 0 Å². The van der Waals surface area contributed by atoms with Crippen molar-refractivity contribution in [3.63, 3.8) is 0 Å². The molecule has 2 saturated carbocycles. The van der Waals surface area contributed by atoms with Crippen LogP contribution in [0.2, 0.25) is 5.15 Å². The number of pyridine rings is 2. The first-order chi connectivity index (χ1) is 38.1. The molecule has 19 heteroatoms. The van der Waals surface area contributed by atoms with Gasteiger partial charge in [0.2, 0.25) is 5.88 Å². The SMILES string of the molecule is COCCOc1cc2ncnc(Cl)c2nc1C.COCCOc1cc2ncnc(Oc3ccc(CC(=O)C4(C(=O)Cc5ccc(F)cc5)CC4)cc3)c2nc1C.O=C(Cc1ccc(O)cc1)C1(C(=O)Cc2ccc(F)cc2)CC1. The van der Waals surface area contributed by atoms with Crippen LogP contribution < -0.4 is 14.2 Å². The Kier molecular flexibility index (Phi) is 18.7. The lowest BCUT2D eigenvalue weighted by molar-refractivity contribution is -0.135. The van der Waals surface area contributed by atoms with Gasteiger partial charge in [0, 0.05) is 52.0 Å². The monoisotopic (exact) mass is 1090 g/mol. The molecule has 0 amide bonds. The molecule has 0 bridgehead atoms. The van der Waals surface area contributed by atoms with Crippen molar-refractivity contribution in [2.24, 2.45) is 10.8 Å². The molecule has 4 aromatic heterocycles. The fourth-order valence-corrected chi connectivity index (χ4v) is 8.79. The molecule has 8 aromatic rings. The molecule has 0 spiro atoms. The van der Waals surface area contributed by atoms with E-state index in [0.717, 1.165) is 22.4 Å². The maximum absolute atomic E-state index is 13.2. The summed E-state index contributed by atoms with van der Waals surface area (Å²) in [5.74, 6) is 1.22. The number of benzene rings is 4. The molecule has 0 unspecified atom stereocenters. The molecule has 1 N–H and O–H groups in total. The fourth-order valence-electron chi connectivity index (χ4n) is 8.60. The third-order valence-corrected chi connectivity index (χ3v) is 13.8. The summed E-state index contributed by atoms with van der Waals surface area (Å²) in [6.45, 7) is 5.55. The van der Waals surface area contributed by atoms with Crippen molar-refractivity contribution in [3.05, 3.63) is 172 Å². The molecule has 2 aliphatic carbocycles. The topological polar surface area (TPSA) is 212 Å². The first-order valence-electron chi connectivity index (χ1n) is 25.4. The van der Waals surface area contributed by atoms with Crippen LogP contribution in [0.4, 0.5) is 8.78 Å². The van der Waals surface area contributed by atoms with Crippen molar-refractivity contribution in [3.8, 4) is 28.9 Å². The Labute approximate surface area is 459 Å². The molecule has 0 aliphatic heterocycles. The quantitative estimate of drug-likeness (QED) is 0.0380. The number of halogens is 3. The van der Waals surface area contributed by atoms with E-state index in [0.29, 0.717) is 114 Å². The zero-order valence-electron chi connectivity index (χ0n) is 44.0. The molecule has 4 aromatic carbocycles. The first kappa shape index (κ1) is 57.0.